The van der Waals surface area contributed by atoms with Crippen LogP contribution in [0.5, 0.6) is 5.75 Å². The van der Waals surface area contributed by atoms with Gasteiger partial charge in [-0.1, -0.05) is 12.1 Å². The number of ether oxygens (including phenoxy) is 2. The van der Waals surface area contributed by atoms with Crippen molar-refractivity contribution in [3.05, 3.63) is 58.9 Å². The molecule has 3 N–H and O–H groups in total. The first-order valence-corrected chi connectivity index (χ1v) is 9.22. The third-order valence-electron chi connectivity index (χ3n) is 4.39. The number of pyridine rings is 1. The van der Waals surface area contributed by atoms with Crippen LogP contribution in [0.15, 0.2) is 41.4 Å². The fourth-order valence-electron chi connectivity index (χ4n) is 2.78. The van der Waals surface area contributed by atoms with Gasteiger partial charge in [0.05, 0.1) is 37.2 Å². The minimum absolute atomic E-state index is 0. The summed E-state index contributed by atoms with van der Waals surface area (Å²) in [7, 11) is 1.34. The van der Waals surface area contributed by atoms with Gasteiger partial charge < -0.3 is 20.5 Å². The Hall–Kier alpha value is -2.57. The average molecular weight is 550 g/mol. The Bertz CT molecular complexity index is 932. The van der Waals surface area contributed by atoms with E-state index in [0.29, 0.717) is 23.4 Å². The largest absolute Gasteiger partial charge is 0.573 e. The van der Waals surface area contributed by atoms with Crippen LogP contribution >= 0.6 is 24.0 Å². The number of hydrogen-bond acceptors (Lipinski definition) is 5. The van der Waals surface area contributed by atoms with Gasteiger partial charge in [-0.3, -0.25) is 4.98 Å². The van der Waals surface area contributed by atoms with Crippen LogP contribution in [0, 0.1) is 0 Å². The Labute approximate surface area is 194 Å². The van der Waals surface area contributed by atoms with Crippen LogP contribution in [0.2, 0.25) is 0 Å². The number of aromatic nitrogens is 1. The van der Waals surface area contributed by atoms with E-state index in [0.717, 1.165) is 18.5 Å². The summed E-state index contributed by atoms with van der Waals surface area (Å²) in [6.07, 6.45) is -2.75. The van der Waals surface area contributed by atoms with Crippen LogP contribution in [0.3, 0.4) is 0 Å². The highest BCUT2D eigenvalue weighted by molar-refractivity contribution is 14.0. The van der Waals surface area contributed by atoms with E-state index in [1.54, 1.807) is 12.1 Å². The van der Waals surface area contributed by atoms with Crippen LogP contribution < -0.4 is 15.8 Å². The average Bonchev–Trinajstić information content (AvgIpc) is 3.55. The second-order valence-electron chi connectivity index (χ2n) is 6.75. The maximum Gasteiger partial charge on any atom is 0.573 e. The number of alkyl halides is 3. The number of carbonyl (C=O) groups excluding carboxylic acids is 1. The molecule has 7 nitrogen and oxygen atoms in total. The van der Waals surface area contributed by atoms with Crippen LogP contribution in [0.1, 0.15) is 46.1 Å². The molecule has 0 spiro atoms. The van der Waals surface area contributed by atoms with E-state index < -0.39 is 12.3 Å². The van der Waals surface area contributed by atoms with E-state index in [9.17, 15) is 18.0 Å². The van der Waals surface area contributed by atoms with Crippen molar-refractivity contribution in [2.24, 2.45) is 10.7 Å². The smallest absolute Gasteiger partial charge is 0.465 e. The van der Waals surface area contributed by atoms with Gasteiger partial charge in [0.25, 0.3) is 0 Å². The highest BCUT2D eigenvalue weighted by Gasteiger charge is 2.31. The Morgan fingerprint density at radius 3 is 2.48 bits per heavy atom. The molecular weight excluding hydrogens is 528 g/mol. The summed E-state index contributed by atoms with van der Waals surface area (Å²) in [5, 5.41) is 2.94. The van der Waals surface area contributed by atoms with Crippen molar-refractivity contribution in [3.63, 3.8) is 0 Å². The Morgan fingerprint density at radius 2 is 1.90 bits per heavy atom. The van der Waals surface area contributed by atoms with Gasteiger partial charge in [0.2, 0.25) is 0 Å². The highest BCUT2D eigenvalue weighted by Crippen LogP contribution is 2.40. The van der Waals surface area contributed by atoms with Gasteiger partial charge in [0.15, 0.2) is 5.96 Å². The molecule has 168 valence electrons. The van der Waals surface area contributed by atoms with Crippen molar-refractivity contribution in [2.45, 2.75) is 38.2 Å². The van der Waals surface area contributed by atoms with E-state index in [2.05, 4.69) is 20.0 Å². The van der Waals surface area contributed by atoms with E-state index >= 15 is 0 Å². The fraction of sp³-hybridized carbons (Fsp3) is 0.350. The molecule has 1 aliphatic carbocycles. The molecule has 1 saturated carbocycles. The monoisotopic (exact) mass is 550 g/mol. The van der Waals surface area contributed by atoms with Crippen LogP contribution in [0.25, 0.3) is 0 Å². The second kappa shape index (κ2) is 10.6. The predicted octanol–water partition coefficient (Wildman–Crippen LogP) is 3.87. The maximum absolute atomic E-state index is 12.2. The van der Waals surface area contributed by atoms with E-state index in [1.165, 1.54) is 31.4 Å². The van der Waals surface area contributed by atoms with Gasteiger partial charge in [-0.15, -0.1) is 37.1 Å². The molecule has 0 amide bonds. The Balaban J connectivity index is 0.00000341. The molecule has 1 fully saturated rings. The number of esters is 1. The molecule has 1 aromatic heterocycles. The SMILES string of the molecule is COC(=O)c1ccc(CNC(N)=NCc2ccc(OC(F)(F)F)cc2)nc1C1CC1.I. The lowest BCUT2D eigenvalue weighted by atomic mass is 10.1. The van der Waals surface area contributed by atoms with Gasteiger partial charge in [-0.05, 0) is 42.7 Å². The number of guanidine groups is 1. The number of rotatable bonds is 7. The van der Waals surface area contributed by atoms with Crippen molar-refractivity contribution < 1.29 is 27.4 Å². The van der Waals surface area contributed by atoms with E-state index in [-0.39, 0.29) is 48.1 Å². The summed E-state index contributed by atoms with van der Waals surface area (Å²) in [6.45, 7) is 0.502. The zero-order chi connectivity index (χ0) is 21.7. The molecule has 1 heterocycles. The summed E-state index contributed by atoms with van der Waals surface area (Å²) in [5.41, 5.74) is 8.44. The lowest BCUT2D eigenvalue weighted by molar-refractivity contribution is -0.274. The highest BCUT2D eigenvalue weighted by atomic mass is 127. The number of benzene rings is 1. The molecule has 0 atom stereocenters. The van der Waals surface area contributed by atoms with Crippen molar-refractivity contribution in [2.75, 3.05) is 7.11 Å². The summed E-state index contributed by atoms with van der Waals surface area (Å²) in [6, 6.07) is 8.81. The van der Waals surface area contributed by atoms with E-state index in [4.69, 9.17) is 10.5 Å². The molecule has 1 aromatic carbocycles. The number of nitrogens with two attached hydrogens (primary N) is 1. The molecule has 31 heavy (non-hydrogen) atoms. The minimum atomic E-state index is -4.73. The summed E-state index contributed by atoms with van der Waals surface area (Å²) in [4.78, 5) is 20.6. The third kappa shape index (κ3) is 7.56. The van der Waals surface area contributed by atoms with Crippen molar-refractivity contribution in [3.8, 4) is 5.75 Å². The van der Waals surface area contributed by atoms with Gasteiger partial charge in [0.1, 0.15) is 5.75 Å². The van der Waals surface area contributed by atoms with Gasteiger partial charge in [-0.2, -0.15) is 0 Å². The van der Waals surface area contributed by atoms with Gasteiger partial charge in [0, 0.05) is 5.92 Å². The van der Waals surface area contributed by atoms with Crippen LogP contribution in [0.4, 0.5) is 13.2 Å². The number of carbonyl (C=O) groups is 1. The minimum Gasteiger partial charge on any atom is -0.465 e. The van der Waals surface area contributed by atoms with Crippen molar-refractivity contribution in [1.82, 2.24) is 10.3 Å². The molecule has 2 aromatic rings. The Morgan fingerprint density at radius 1 is 1.23 bits per heavy atom. The first-order valence-electron chi connectivity index (χ1n) is 9.22. The number of nitrogens with zero attached hydrogens (tertiary/aromatic N) is 2. The Kier molecular flexibility index (Phi) is 8.48. The molecule has 11 heteroatoms. The summed E-state index contributed by atoms with van der Waals surface area (Å²) in [5.74, 6) is -0.266. The number of aliphatic imine (C=N–C) groups is 1. The first kappa shape index (κ1) is 24.7. The van der Waals surface area contributed by atoms with Crippen LogP contribution in [-0.2, 0) is 17.8 Å². The molecule has 0 unspecified atom stereocenters. The van der Waals surface area contributed by atoms with Crippen LogP contribution in [-0.4, -0.2) is 30.4 Å². The summed E-state index contributed by atoms with van der Waals surface area (Å²) >= 11 is 0. The standard InChI is InChI=1S/C20H21F3N4O3.HI/c1-29-18(28)16-9-6-14(27-17(16)13-4-5-13)11-26-19(24)25-10-12-2-7-15(8-3-12)30-20(21,22)23;/h2-3,6-9,13H,4-5,10-11H2,1H3,(H3,24,25,26);1H. The zero-order valence-electron chi connectivity index (χ0n) is 16.6. The lowest BCUT2D eigenvalue weighted by Crippen LogP contribution is -2.31. The molecule has 0 bridgehead atoms. The number of methoxy groups -OCH3 is 1. The van der Waals surface area contributed by atoms with E-state index in [1.807, 2.05) is 0 Å². The summed E-state index contributed by atoms with van der Waals surface area (Å²) < 4.78 is 45.2. The molecule has 0 aliphatic heterocycles. The second-order valence-corrected chi connectivity index (χ2v) is 6.75. The topological polar surface area (TPSA) is 98.8 Å². The fourth-order valence-corrected chi connectivity index (χ4v) is 2.78. The van der Waals surface area contributed by atoms with Gasteiger partial charge in [-0.25, -0.2) is 9.79 Å². The molecule has 0 saturated heterocycles. The molecule has 3 rings (SSSR count). The zero-order valence-corrected chi connectivity index (χ0v) is 18.9. The van der Waals surface area contributed by atoms with Crippen molar-refractivity contribution in [1.29, 1.82) is 0 Å². The number of nitrogens with one attached hydrogen (secondary N) is 1. The third-order valence-corrected chi connectivity index (χ3v) is 4.39. The predicted molar refractivity (Wildman–Crippen MR) is 118 cm³/mol. The number of halogens is 4. The number of hydrogen-bond donors (Lipinski definition) is 2. The first-order chi connectivity index (χ1) is 14.2. The normalized spacial score (nSPS) is 13.9. The van der Waals surface area contributed by atoms with Crippen molar-refractivity contribution >= 4 is 35.9 Å². The van der Waals surface area contributed by atoms with Gasteiger partial charge >= 0.3 is 12.3 Å². The molecule has 1 aliphatic rings. The lowest BCUT2D eigenvalue weighted by Gasteiger charge is -2.10. The molecular formula is C20H22F3IN4O3. The quantitative estimate of drug-likeness (QED) is 0.235. The molecule has 0 radical (unpaired) electrons. The maximum atomic E-state index is 12.2.